The van der Waals surface area contributed by atoms with Gasteiger partial charge in [-0.3, -0.25) is 9.69 Å². The number of halogens is 1. The molecule has 1 aliphatic rings. The molecule has 112 valence electrons. The number of H-pyrrole nitrogens is 1. The minimum absolute atomic E-state index is 0.0307. The van der Waals surface area contributed by atoms with Crippen molar-refractivity contribution in [3.8, 4) is 0 Å². The van der Waals surface area contributed by atoms with Crippen molar-refractivity contribution in [2.75, 3.05) is 39.4 Å². The van der Waals surface area contributed by atoms with E-state index in [0.29, 0.717) is 12.1 Å². The first kappa shape index (κ1) is 14.6. The first-order valence-electron chi connectivity index (χ1n) is 7.09. The van der Waals surface area contributed by atoms with Crippen LogP contribution in [0.5, 0.6) is 0 Å². The highest BCUT2D eigenvalue weighted by atomic mass is 79.9. The van der Waals surface area contributed by atoms with Crippen molar-refractivity contribution in [2.24, 2.45) is 0 Å². The van der Waals surface area contributed by atoms with Crippen molar-refractivity contribution >= 4 is 32.7 Å². The Morgan fingerprint density at radius 2 is 2.19 bits per heavy atom. The molecule has 0 unspecified atom stereocenters. The van der Waals surface area contributed by atoms with E-state index >= 15 is 0 Å². The molecule has 0 spiro atoms. The van der Waals surface area contributed by atoms with Crippen molar-refractivity contribution in [1.82, 2.24) is 15.2 Å². The molecular formula is C15H18BrN3O2. The number of morpholine rings is 1. The van der Waals surface area contributed by atoms with Crippen molar-refractivity contribution in [3.63, 3.8) is 0 Å². The number of rotatable bonds is 4. The molecule has 0 atom stereocenters. The largest absolute Gasteiger partial charge is 0.379 e. The molecule has 0 bridgehead atoms. The van der Waals surface area contributed by atoms with Gasteiger partial charge in [-0.25, -0.2) is 0 Å². The van der Waals surface area contributed by atoms with Crippen molar-refractivity contribution in [3.05, 3.63) is 34.4 Å². The maximum absolute atomic E-state index is 12.3. The summed E-state index contributed by atoms with van der Waals surface area (Å²) in [5.74, 6) is -0.0307. The van der Waals surface area contributed by atoms with Crippen molar-refractivity contribution in [1.29, 1.82) is 0 Å². The molecule has 2 heterocycles. The van der Waals surface area contributed by atoms with E-state index in [1.807, 2.05) is 18.2 Å². The molecule has 0 aliphatic carbocycles. The van der Waals surface area contributed by atoms with Crippen LogP contribution >= 0.6 is 15.9 Å². The number of fused-ring (bicyclic) bond motifs is 1. The van der Waals surface area contributed by atoms with Gasteiger partial charge in [-0.1, -0.05) is 22.0 Å². The van der Waals surface area contributed by atoms with E-state index in [0.717, 1.165) is 48.2 Å². The molecule has 1 fully saturated rings. The zero-order valence-corrected chi connectivity index (χ0v) is 13.3. The fourth-order valence-corrected chi connectivity index (χ4v) is 2.89. The molecule has 1 aromatic heterocycles. The molecule has 0 saturated carbocycles. The fourth-order valence-electron chi connectivity index (χ4n) is 2.53. The molecule has 1 amide bonds. The number of aromatic amines is 1. The number of hydrogen-bond acceptors (Lipinski definition) is 3. The van der Waals surface area contributed by atoms with Gasteiger partial charge in [0.15, 0.2) is 0 Å². The highest BCUT2D eigenvalue weighted by Crippen LogP contribution is 2.22. The third-order valence-corrected chi connectivity index (χ3v) is 4.20. The van der Waals surface area contributed by atoms with E-state index in [4.69, 9.17) is 4.74 Å². The number of aromatic nitrogens is 1. The van der Waals surface area contributed by atoms with Crippen LogP contribution in [0, 0.1) is 0 Å². The van der Waals surface area contributed by atoms with Crippen LogP contribution in [0.15, 0.2) is 28.9 Å². The molecule has 3 rings (SSSR count). The maximum atomic E-state index is 12.3. The topological polar surface area (TPSA) is 57.4 Å². The number of nitrogens with one attached hydrogen (secondary N) is 2. The molecular weight excluding hydrogens is 334 g/mol. The van der Waals surface area contributed by atoms with Gasteiger partial charge in [-0.15, -0.1) is 0 Å². The summed E-state index contributed by atoms with van der Waals surface area (Å²) in [6, 6.07) is 5.87. The molecule has 1 aliphatic heterocycles. The number of benzene rings is 1. The van der Waals surface area contributed by atoms with Crippen LogP contribution in [0.4, 0.5) is 0 Å². The lowest BCUT2D eigenvalue weighted by Crippen LogP contribution is -2.41. The minimum Gasteiger partial charge on any atom is -0.379 e. The summed E-state index contributed by atoms with van der Waals surface area (Å²) in [6.07, 6.45) is 1.77. The monoisotopic (exact) mass is 351 g/mol. The third kappa shape index (κ3) is 3.45. The summed E-state index contributed by atoms with van der Waals surface area (Å²) in [4.78, 5) is 17.7. The van der Waals surface area contributed by atoms with Crippen LogP contribution in [0.3, 0.4) is 0 Å². The summed E-state index contributed by atoms with van der Waals surface area (Å²) >= 11 is 3.43. The molecule has 1 aromatic carbocycles. The van der Waals surface area contributed by atoms with E-state index in [1.54, 1.807) is 6.20 Å². The molecule has 2 N–H and O–H groups in total. The summed E-state index contributed by atoms with van der Waals surface area (Å²) in [7, 11) is 0. The van der Waals surface area contributed by atoms with Crippen LogP contribution in [0.2, 0.25) is 0 Å². The predicted molar refractivity (Wildman–Crippen MR) is 85.6 cm³/mol. The number of ether oxygens (including phenoxy) is 1. The first-order chi connectivity index (χ1) is 10.2. The van der Waals surface area contributed by atoms with Crippen LogP contribution in [0.25, 0.3) is 10.9 Å². The van der Waals surface area contributed by atoms with Crippen LogP contribution < -0.4 is 5.32 Å². The lowest BCUT2D eigenvalue weighted by atomic mass is 10.1. The number of hydrogen-bond donors (Lipinski definition) is 2. The number of nitrogens with zero attached hydrogens (tertiary/aromatic N) is 1. The quantitative estimate of drug-likeness (QED) is 0.885. The summed E-state index contributed by atoms with van der Waals surface area (Å²) in [5.41, 5.74) is 1.65. The summed E-state index contributed by atoms with van der Waals surface area (Å²) in [5, 5.41) is 3.93. The van der Waals surface area contributed by atoms with E-state index in [2.05, 4.69) is 31.1 Å². The van der Waals surface area contributed by atoms with Gasteiger partial charge in [0.2, 0.25) is 0 Å². The highest BCUT2D eigenvalue weighted by Gasteiger charge is 2.13. The average molecular weight is 352 g/mol. The second kappa shape index (κ2) is 6.60. The Morgan fingerprint density at radius 1 is 1.38 bits per heavy atom. The Bertz CT molecular complexity index is 635. The summed E-state index contributed by atoms with van der Waals surface area (Å²) < 4.78 is 6.30. The highest BCUT2D eigenvalue weighted by molar-refractivity contribution is 9.10. The molecule has 1 saturated heterocycles. The summed E-state index contributed by atoms with van der Waals surface area (Å²) in [6.45, 7) is 4.97. The number of carbonyl (C=O) groups excluding carboxylic acids is 1. The molecule has 5 nitrogen and oxygen atoms in total. The van der Waals surface area contributed by atoms with Gasteiger partial charge in [0, 0.05) is 47.8 Å². The van der Waals surface area contributed by atoms with Gasteiger partial charge in [0.25, 0.3) is 5.91 Å². The van der Waals surface area contributed by atoms with Gasteiger partial charge < -0.3 is 15.0 Å². The Balaban J connectivity index is 1.59. The van der Waals surface area contributed by atoms with E-state index in [1.165, 1.54) is 0 Å². The van der Waals surface area contributed by atoms with Gasteiger partial charge in [-0.2, -0.15) is 0 Å². The van der Waals surface area contributed by atoms with Crippen LogP contribution in [0.1, 0.15) is 10.4 Å². The predicted octanol–water partition coefficient (Wildman–Crippen LogP) is 1.99. The Hall–Kier alpha value is -1.37. The molecule has 6 heteroatoms. The standard InChI is InChI=1S/C15H18BrN3O2/c16-11-1-2-12-13(10-18-14(12)9-11)15(20)17-3-4-19-5-7-21-8-6-19/h1-2,9-10,18H,3-8H2,(H,17,20). The second-order valence-corrected chi connectivity index (χ2v) is 6.02. The number of amides is 1. The zero-order chi connectivity index (χ0) is 14.7. The number of carbonyl (C=O) groups is 1. The SMILES string of the molecule is O=C(NCCN1CCOCC1)c1c[nH]c2cc(Br)ccc12. The van der Waals surface area contributed by atoms with Crippen molar-refractivity contribution < 1.29 is 9.53 Å². The zero-order valence-electron chi connectivity index (χ0n) is 11.7. The molecule has 0 radical (unpaired) electrons. The van der Waals surface area contributed by atoms with E-state index in [9.17, 15) is 4.79 Å². The molecule has 21 heavy (non-hydrogen) atoms. The Kier molecular flexibility index (Phi) is 4.57. The van der Waals surface area contributed by atoms with E-state index in [-0.39, 0.29) is 5.91 Å². The van der Waals surface area contributed by atoms with Crippen LogP contribution in [-0.4, -0.2) is 55.2 Å². The Morgan fingerprint density at radius 3 is 3.00 bits per heavy atom. The van der Waals surface area contributed by atoms with Gasteiger partial charge in [0.05, 0.1) is 18.8 Å². The third-order valence-electron chi connectivity index (χ3n) is 3.71. The van der Waals surface area contributed by atoms with E-state index < -0.39 is 0 Å². The first-order valence-corrected chi connectivity index (χ1v) is 7.88. The normalized spacial score (nSPS) is 16.2. The van der Waals surface area contributed by atoms with Crippen molar-refractivity contribution in [2.45, 2.75) is 0 Å². The molecule has 2 aromatic rings. The van der Waals surface area contributed by atoms with Gasteiger partial charge >= 0.3 is 0 Å². The fraction of sp³-hybridized carbons (Fsp3) is 0.400. The Labute approximate surface area is 131 Å². The average Bonchev–Trinajstić information content (AvgIpc) is 2.91. The maximum Gasteiger partial charge on any atom is 0.253 e. The second-order valence-electron chi connectivity index (χ2n) is 5.10. The lowest BCUT2D eigenvalue weighted by molar-refractivity contribution is 0.0383. The minimum atomic E-state index is -0.0307. The van der Waals surface area contributed by atoms with Crippen LogP contribution in [-0.2, 0) is 4.74 Å². The van der Waals surface area contributed by atoms with Gasteiger partial charge in [-0.05, 0) is 12.1 Å². The smallest absolute Gasteiger partial charge is 0.253 e. The van der Waals surface area contributed by atoms with Gasteiger partial charge in [0.1, 0.15) is 0 Å². The lowest BCUT2D eigenvalue weighted by Gasteiger charge is -2.26.